The van der Waals surface area contributed by atoms with E-state index in [0.717, 1.165) is 5.82 Å². The Labute approximate surface area is 130 Å². The van der Waals surface area contributed by atoms with E-state index in [1.165, 1.54) is 12.3 Å². The first kappa shape index (κ1) is 14.7. The van der Waals surface area contributed by atoms with Gasteiger partial charge in [0.15, 0.2) is 0 Å². The van der Waals surface area contributed by atoms with Crippen LogP contribution in [-0.4, -0.2) is 30.6 Å². The zero-order chi connectivity index (χ0) is 16.2. The molecule has 0 aliphatic rings. The van der Waals surface area contributed by atoms with Crippen LogP contribution >= 0.6 is 0 Å². The topological polar surface area (TPSA) is 119 Å². The first-order chi connectivity index (χ1) is 11.1. The van der Waals surface area contributed by atoms with Crippen LogP contribution in [0, 0.1) is 6.92 Å². The van der Waals surface area contributed by atoms with Crippen molar-refractivity contribution in [3.8, 4) is 11.4 Å². The Kier molecular flexibility index (Phi) is 4.00. The van der Waals surface area contributed by atoms with E-state index in [1.807, 2.05) is 6.92 Å². The molecule has 0 aromatic carbocycles. The number of carbonyl (C=O) groups is 1. The highest BCUT2D eigenvalue weighted by atomic mass is 16.5. The van der Waals surface area contributed by atoms with E-state index < -0.39 is 0 Å². The molecular formula is C14H14N6O3. The molecule has 23 heavy (non-hydrogen) atoms. The van der Waals surface area contributed by atoms with Crippen molar-refractivity contribution in [1.29, 1.82) is 0 Å². The summed E-state index contributed by atoms with van der Waals surface area (Å²) in [5, 5.41) is 6.48. The van der Waals surface area contributed by atoms with Crippen LogP contribution in [0.2, 0.25) is 0 Å². The van der Waals surface area contributed by atoms with Gasteiger partial charge in [-0.1, -0.05) is 5.16 Å². The molecule has 0 unspecified atom stereocenters. The number of hydrogen-bond donors (Lipinski definition) is 2. The number of H-pyrrole nitrogens is 1. The number of carbonyl (C=O) groups excluding carboxylic acids is 1. The van der Waals surface area contributed by atoms with Gasteiger partial charge in [-0.25, -0.2) is 4.98 Å². The van der Waals surface area contributed by atoms with Gasteiger partial charge in [0.2, 0.25) is 23.2 Å². The molecule has 9 nitrogen and oxygen atoms in total. The van der Waals surface area contributed by atoms with E-state index in [9.17, 15) is 9.59 Å². The SMILES string of the molecule is Cc1nccn1CC(=O)NCc1nc(-c2cc[nH]c(=O)c2)no1. The van der Waals surface area contributed by atoms with Gasteiger partial charge in [0.25, 0.3) is 0 Å². The van der Waals surface area contributed by atoms with Gasteiger partial charge in [0, 0.05) is 30.2 Å². The molecule has 0 saturated carbocycles. The lowest BCUT2D eigenvalue weighted by Gasteiger charge is -2.04. The van der Waals surface area contributed by atoms with Crippen molar-refractivity contribution >= 4 is 5.91 Å². The number of aromatic amines is 1. The average Bonchev–Trinajstić information content (AvgIpc) is 3.15. The fourth-order valence-corrected chi connectivity index (χ4v) is 1.98. The van der Waals surface area contributed by atoms with Crippen LogP contribution in [0.4, 0.5) is 0 Å². The Balaban J connectivity index is 1.60. The zero-order valence-electron chi connectivity index (χ0n) is 12.3. The number of hydrogen-bond acceptors (Lipinski definition) is 6. The Morgan fingerprint density at radius 3 is 3.09 bits per heavy atom. The summed E-state index contributed by atoms with van der Waals surface area (Å²) in [7, 11) is 0. The summed E-state index contributed by atoms with van der Waals surface area (Å²) < 4.78 is 6.79. The lowest BCUT2D eigenvalue weighted by atomic mass is 10.2. The summed E-state index contributed by atoms with van der Waals surface area (Å²) in [5.41, 5.74) is 0.293. The zero-order valence-corrected chi connectivity index (χ0v) is 12.3. The molecule has 118 valence electrons. The maximum Gasteiger partial charge on any atom is 0.248 e. The van der Waals surface area contributed by atoms with E-state index in [0.29, 0.717) is 11.4 Å². The van der Waals surface area contributed by atoms with Gasteiger partial charge in [-0.15, -0.1) is 0 Å². The third-order valence-corrected chi connectivity index (χ3v) is 3.18. The Morgan fingerprint density at radius 2 is 2.35 bits per heavy atom. The molecule has 0 atom stereocenters. The van der Waals surface area contributed by atoms with Gasteiger partial charge in [-0.3, -0.25) is 9.59 Å². The van der Waals surface area contributed by atoms with E-state index in [4.69, 9.17) is 4.52 Å². The highest BCUT2D eigenvalue weighted by Gasteiger charge is 2.11. The molecule has 3 aromatic rings. The maximum absolute atomic E-state index is 11.9. The number of imidazole rings is 1. The molecular weight excluding hydrogens is 300 g/mol. The number of aromatic nitrogens is 5. The van der Waals surface area contributed by atoms with Crippen LogP contribution in [0.3, 0.4) is 0 Å². The second-order valence-corrected chi connectivity index (χ2v) is 4.83. The van der Waals surface area contributed by atoms with Crippen molar-refractivity contribution in [3.63, 3.8) is 0 Å². The van der Waals surface area contributed by atoms with E-state index >= 15 is 0 Å². The number of nitrogens with one attached hydrogen (secondary N) is 2. The Hall–Kier alpha value is -3.23. The highest BCUT2D eigenvalue weighted by molar-refractivity contribution is 5.75. The average molecular weight is 314 g/mol. The highest BCUT2D eigenvalue weighted by Crippen LogP contribution is 2.12. The van der Waals surface area contributed by atoms with Gasteiger partial charge in [-0.2, -0.15) is 4.98 Å². The summed E-state index contributed by atoms with van der Waals surface area (Å²) in [4.78, 5) is 33.8. The monoisotopic (exact) mass is 314 g/mol. The number of aryl methyl sites for hydroxylation is 1. The molecule has 0 aliphatic carbocycles. The van der Waals surface area contributed by atoms with Gasteiger partial charge in [0.05, 0.1) is 6.54 Å². The van der Waals surface area contributed by atoms with Crippen molar-refractivity contribution in [2.24, 2.45) is 0 Å². The lowest BCUT2D eigenvalue weighted by Crippen LogP contribution is -2.27. The number of rotatable bonds is 5. The molecule has 0 bridgehead atoms. The number of nitrogens with zero attached hydrogens (tertiary/aromatic N) is 4. The van der Waals surface area contributed by atoms with Crippen LogP contribution in [-0.2, 0) is 17.9 Å². The normalized spacial score (nSPS) is 10.7. The number of pyridine rings is 1. The molecule has 3 aromatic heterocycles. The van der Waals surface area contributed by atoms with Gasteiger partial charge in [0.1, 0.15) is 12.4 Å². The molecule has 1 amide bonds. The van der Waals surface area contributed by atoms with E-state index in [1.54, 1.807) is 23.0 Å². The maximum atomic E-state index is 11.9. The first-order valence-electron chi connectivity index (χ1n) is 6.88. The molecule has 0 aliphatic heterocycles. The van der Waals surface area contributed by atoms with Crippen LogP contribution in [0.25, 0.3) is 11.4 Å². The molecule has 0 spiro atoms. The second-order valence-electron chi connectivity index (χ2n) is 4.83. The minimum Gasteiger partial charge on any atom is -0.345 e. The van der Waals surface area contributed by atoms with Gasteiger partial charge >= 0.3 is 0 Å². The molecule has 0 radical (unpaired) electrons. The minimum atomic E-state index is -0.252. The van der Waals surface area contributed by atoms with Gasteiger partial charge < -0.3 is 19.4 Å². The van der Waals surface area contributed by atoms with Crippen molar-refractivity contribution < 1.29 is 9.32 Å². The third kappa shape index (κ3) is 3.51. The lowest BCUT2D eigenvalue weighted by molar-refractivity contribution is -0.122. The smallest absolute Gasteiger partial charge is 0.248 e. The number of amides is 1. The summed E-state index contributed by atoms with van der Waals surface area (Å²) in [6, 6.07) is 3.03. The summed E-state index contributed by atoms with van der Waals surface area (Å²) >= 11 is 0. The summed E-state index contributed by atoms with van der Waals surface area (Å²) in [5.74, 6) is 1.12. The molecule has 0 saturated heterocycles. The molecule has 3 heterocycles. The fraction of sp³-hybridized carbons (Fsp3) is 0.214. The minimum absolute atomic E-state index is 0.114. The fourth-order valence-electron chi connectivity index (χ4n) is 1.98. The quantitative estimate of drug-likeness (QED) is 0.696. The second kappa shape index (κ2) is 6.26. The Morgan fingerprint density at radius 1 is 1.48 bits per heavy atom. The van der Waals surface area contributed by atoms with Crippen LogP contribution < -0.4 is 10.9 Å². The molecule has 9 heteroatoms. The van der Waals surface area contributed by atoms with E-state index in [-0.39, 0.29) is 30.4 Å². The van der Waals surface area contributed by atoms with Crippen LogP contribution in [0.5, 0.6) is 0 Å². The van der Waals surface area contributed by atoms with E-state index in [2.05, 4.69) is 25.4 Å². The summed E-state index contributed by atoms with van der Waals surface area (Å²) in [6.07, 6.45) is 4.87. The first-order valence-corrected chi connectivity index (χ1v) is 6.88. The largest absolute Gasteiger partial charge is 0.345 e. The van der Waals surface area contributed by atoms with Crippen molar-refractivity contribution in [2.75, 3.05) is 0 Å². The van der Waals surface area contributed by atoms with Crippen LogP contribution in [0.1, 0.15) is 11.7 Å². The predicted octanol–water partition coefficient (Wildman–Crippen LogP) is 0.246. The van der Waals surface area contributed by atoms with Crippen molar-refractivity contribution in [2.45, 2.75) is 20.0 Å². The Bertz CT molecular complexity index is 878. The molecule has 3 rings (SSSR count). The van der Waals surface area contributed by atoms with Crippen molar-refractivity contribution in [1.82, 2.24) is 30.0 Å². The van der Waals surface area contributed by atoms with Gasteiger partial charge in [-0.05, 0) is 13.0 Å². The standard InChI is InChI=1S/C14H14N6O3/c1-9-15-4-5-20(9)8-12(22)17-7-13-18-14(19-23-13)10-2-3-16-11(21)6-10/h2-6H,7-8H2,1H3,(H,16,21)(H,17,22). The van der Waals surface area contributed by atoms with Crippen molar-refractivity contribution in [3.05, 3.63) is 52.8 Å². The third-order valence-electron chi connectivity index (χ3n) is 3.18. The molecule has 2 N–H and O–H groups in total. The molecule has 0 fully saturated rings. The predicted molar refractivity (Wildman–Crippen MR) is 79.2 cm³/mol. The van der Waals surface area contributed by atoms with Crippen LogP contribution in [0.15, 0.2) is 40.0 Å². The summed E-state index contributed by atoms with van der Waals surface area (Å²) in [6.45, 7) is 2.10.